The van der Waals surface area contributed by atoms with E-state index in [2.05, 4.69) is 27.6 Å². The van der Waals surface area contributed by atoms with Crippen molar-refractivity contribution in [1.29, 1.82) is 0 Å². The van der Waals surface area contributed by atoms with Gasteiger partial charge in [-0.1, -0.05) is 18.2 Å². The molecule has 0 amide bonds. The van der Waals surface area contributed by atoms with Crippen LogP contribution in [0.15, 0.2) is 76.3 Å². The number of aliphatic imine (C=N–C) groups is 1. The number of halogens is 1. The largest absolute Gasteiger partial charge is 0.475 e. The van der Waals surface area contributed by atoms with Crippen molar-refractivity contribution in [2.75, 3.05) is 0 Å². The van der Waals surface area contributed by atoms with Gasteiger partial charge in [-0.25, -0.2) is 4.79 Å². The molecule has 0 saturated heterocycles. The highest BCUT2D eigenvalue weighted by atomic mass is 127. The maximum Gasteiger partial charge on any atom is 0.371 e. The summed E-state index contributed by atoms with van der Waals surface area (Å²) >= 11 is 2.27. The summed E-state index contributed by atoms with van der Waals surface area (Å²) < 4.78 is 8.60. The molecular weight excluding hydrogens is 455 g/mol. The SMILES string of the molecule is O=C(O)c1ccc(Cn2cc(C=Nc3ccc(I)cc3)c3ccccc32)o1. The van der Waals surface area contributed by atoms with Crippen molar-refractivity contribution < 1.29 is 14.3 Å². The summed E-state index contributed by atoms with van der Waals surface area (Å²) in [5, 5.41) is 10.1. The Kier molecular flexibility index (Phi) is 4.81. The number of furan rings is 1. The van der Waals surface area contributed by atoms with Gasteiger partial charge >= 0.3 is 5.97 Å². The number of aromatic carboxylic acids is 1. The second-order valence-corrected chi connectivity index (χ2v) is 7.28. The second-order valence-electron chi connectivity index (χ2n) is 6.04. The summed E-state index contributed by atoms with van der Waals surface area (Å²) in [6.45, 7) is 0.450. The number of hydrogen-bond donors (Lipinski definition) is 1. The van der Waals surface area contributed by atoms with Crippen molar-refractivity contribution >= 4 is 51.4 Å². The lowest BCUT2D eigenvalue weighted by Crippen LogP contribution is -1.97. The van der Waals surface area contributed by atoms with Crippen LogP contribution in [0.1, 0.15) is 21.9 Å². The monoisotopic (exact) mass is 470 g/mol. The van der Waals surface area contributed by atoms with Crippen molar-refractivity contribution in [2.24, 2.45) is 4.99 Å². The lowest BCUT2D eigenvalue weighted by molar-refractivity contribution is 0.0660. The number of carboxylic acids is 1. The number of benzene rings is 2. The van der Waals surface area contributed by atoms with E-state index in [-0.39, 0.29) is 5.76 Å². The van der Waals surface area contributed by atoms with Crippen LogP contribution in [0.4, 0.5) is 5.69 Å². The number of hydrogen-bond acceptors (Lipinski definition) is 3. The minimum absolute atomic E-state index is 0.0537. The zero-order valence-corrected chi connectivity index (χ0v) is 16.3. The predicted molar refractivity (Wildman–Crippen MR) is 113 cm³/mol. The van der Waals surface area contributed by atoms with Crippen molar-refractivity contribution in [1.82, 2.24) is 4.57 Å². The van der Waals surface area contributed by atoms with Gasteiger partial charge in [0.2, 0.25) is 5.76 Å². The molecule has 0 atom stereocenters. The molecule has 1 N–H and O–H groups in total. The minimum atomic E-state index is -1.07. The normalized spacial score (nSPS) is 11.4. The maximum atomic E-state index is 11.0. The molecule has 0 spiro atoms. The Hall–Kier alpha value is -2.87. The van der Waals surface area contributed by atoms with E-state index in [4.69, 9.17) is 9.52 Å². The van der Waals surface area contributed by atoms with Crippen LogP contribution in [0, 0.1) is 3.57 Å². The molecule has 0 radical (unpaired) electrons. The van der Waals surface area contributed by atoms with Gasteiger partial charge in [-0.15, -0.1) is 0 Å². The summed E-state index contributed by atoms with van der Waals surface area (Å²) in [6.07, 6.45) is 3.86. The van der Waals surface area contributed by atoms with Crippen LogP contribution in [0.2, 0.25) is 0 Å². The summed E-state index contributed by atoms with van der Waals surface area (Å²) in [7, 11) is 0. The van der Waals surface area contributed by atoms with Crippen LogP contribution in [0.3, 0.4) is 0 Å². The molecule has 0 bridgehead atoms. The summed E-state index contributed by atoms with van der Waals surface area (Å²) in [6, 6.07) is 19.2. The Bertz CT molecular complexity index is 1140. The zero-order valence-electron chi connectivity index (χ0n) is 14.2. The molecule has 4 rings (SSSR count). The van der Waals surface area contributed by atoms with Crippen LogP contribution >= 0.6 is 22.6 Å². The van der Waals surface area contributed by atoms with Crippen LogP contribution in [0.25, 0.3) is 10.9 Å². The van der Waals surface area contributed by atoms with Gasteiger partial charge in [0, 0.05) is 32.4 Å². The average molecular weight is 470 g/mol. The number of rotatable bonds is 5. The number of carbonyl (C=O) groups is 1. The Balaban J connectivity index is 1.67. The molecular formula is C21H15IN2O3. The first kappa shape index (κ1) is 17.5. The average Bonchev–Trinajstić information content (AvgIpc) is 3.27. The molecule has 0 unspecified atom stereocenters. The second kappa shape index (κ2) is 7.40. The molecule has 0 saturated carbocycles. The highest BCUT2D eigenvalue weighted by Gasteiger charge is 2.12. The molecule has 0 aliphatic rings. The molecule has 0 fully saturated rings. The topological polar surface area (TPSA) is 67.7 Å². The summed E-state index contributed by atoms with van der Waals surface area (Å²) in [5.41, 5.74) is 2.92. The van der Waals surface area contributed by atoms with E-state index in [9.17, 15) is 4.79 Å². The first-order valence-corrected chi connectivity index (χ1v) is 9.37. The lowest BCUT2D eigenvalue weighted by atomic mass is 10.2. The third kappa shape index (κ3) is 3.80. The van der Waals surface area contributed by atoms with E-state index in [1.807, 2.05) is 65.5 Å². The highest BCUT2D eigenvalue weighted by molar-refractivity contribution is 14.1. The van der Waals surface area contributed by atoms with Gasteiger partial charge < -0.3 is 14.1 Å². The Labute approximate surface area is 169 Å². The fourth-order valence-corrected chi connectivity index (χ4v) is 3.29. The van der Waals surface area contributed by atoms with Gasteiger partial charge in [0.1, 0.15) is 5.76 Å². The van der Waals surface area contributed by atoms with E-state index in [0.717, 1.165) is 22.2 Å². The van der Waals surface area contributed by atoms with Gasteiger partial charge in [-0.3, -0.25) is 4.99 Å². The van der Waals surface area contributed by atoms with Gasteiger partial charge in [-0.2, -0.15) is 0 Å². The molecule has 134 valence electrons. The number of aromatic nitrogens is 1. The molecule has 2 heterocycles. The van der Waals surface area contributed by atoms with E-state index >= 15 is 0 Å². The third-order valence-electron chi connectivity index (χ3n) is 4.20. The molecule has 27 heavy (non-hydrogen) atoms. The van der Waals surface area contributed by atoms with Crippen molar-refractivity contribution in [2.45, 2.75) is 6.54 Å². The third-order valence-corrected chi connectivity index (χ3v) is 4.92. The smallest absolute Gasteiger partial charge is 0.371 e. The minimum Gasteiger partial charge on any atom is -0.475 e. The van der Waals surface area contributed by atoms with Crippen LogP contribution in [0.5, 0.6) is 0 Å². The molecule has 2 aromatic heterocycles. The quantitative estimate of drug-likeness (QED) is 0.317. The van der Waals surface area contributed by atoms with Crippen molar-refractivity contribution in [3.8, 4) is 0 Å². The first-order valence-electron chi connectivity index (χ1n) is 8.30. The Morgan fingerprint density at radius 2 is 1.89 bits per heavy atom. The van der Waals surface area contributed by atoms with Crippen LogP contribution < -0.4 is 0 Å². The Morgan fingerprint density at radius 1 is 1.11 bits per heavy atom. The van der Waals surface area contributed by atoms with Crippen LogP contribution in [-0.4, -0.2) is 21.9 Å². The number of nitrogens with zero attached hydrogens (tertiary/aromatic N) is 2. The molecule has 0 aliphatic carbocycles. The number of para-hydroxylation sites is 1. The molecule has 2 aromatic carbocycles. The fourth-order valence-electron chi connectivity index (χ4n) is 2.93. The van der Waals surface area contributed by atoms with E-state index in [1.165, 1.54) is 9.64 Å². The van der Waals surface area contributed by atoms with Crippen LogP contribution in [-0.2, 0) is 6.54 Å². The number of carboxylic acid groups (broad SMARTS) is 1. The fraction of sp³-hybridized carbons (Fsp3) is 0.0476. The summed E-state index contributed by atoms with van der Waals surface area (Å²) in [5.74, 6) is -0.528. The molecule has 6 heteroatoms. The Morgan fingerprint density at radius 3 is 2.63 bits per heavy atom. The number of fused-ring (bicyclic) bond motifs is 1. The van der Waals surface area contributed by atoms with Crippen molar-refractivity contribution in [3.63, 3.8) is 0 Å². The van der Waals surface area contributed by atoms with E-state index in [0.29, 0.717) is 12.3 Å². The highest BCUT2D eigenvalue weighted by Crippen LogP contribution is 2.23. The molecule has 0 aliphatic heterocycles. The van der Waals surface area contributed by atoms with E-state index in [1.54, 1.807) is 6.07 Å². The first-order chi connectivity index (χ1) is 13.1. The van der Waals surface area contributed by atoms with Gasteiger partial charge in [-0.05, 0) is 65.1 Å². The molecule has 4 aromatic rings. The van der Waals surface area contributed by atoms with Gasteiger partial charge in [0.05, 0.1) is 12.2 Å². The summed E-state index contributed by atoms with van der Waals surface area (Å²) in [4.78, 5) is 15.6. The molecule has 5 nitrogen and oxygen atoms in total. The standard InChI is InChI=1S/C21H15IN2O3/c22-15-5-7-16(8-6-15)23-11-14-12-24(19-4-2-1-3-18(14)19)13-17-9-10-20(27-17)21(25)26/h1-12H,13H2,(H,25,26). The zero-order chi connectivity index (χ0) is 18.8. The van der Waals surface area contributed by atoms with Crippen molar-refractivity contribution in [3.05, 3.63) is 87.5 Å². The van der Waals surface area contributed by atoms with E-state index < -0.39 is 5.97 Å². The maximum absolute atomic E-state index is 11.0. The van der Waals surface area contributed by atoms with Gasteiger partial charge in [0.25, 0.3) is 0 Å². The lowest BCUT2D eigenvalue weighted by Gasteiger charge is -2.02. The van der Waals surface area contributed by atoms with Gasteiger partial charge in [0.15, 0.2) is 0 Å². The predicted octanol–water partition coefficient (Wildman–Crippen LogP) is 5.34.